The van der Waals surface area contributed by atoms with Gasteiger partial charge in [-0.05, 0) is 54.3 Å². The predicted molar refractivity (Wildman–Crippen MR) is 117 cm³/mol. The molecule has 0 saturated carbocycles. The van der Waals surface area contributed by atoms with E-state index in [1.54, 1.807) is 23.2 Å². The van der Waals surface area contributed by atoms with Gasteiger partial charge in [0.2, 0.25) is 5.88 Å². The van der Waals surface area contributed by atoms with Crippen LogP contribution in [0.5, 0.6) is 5.88 Å². The van der Waals surface area contributed by atoms with Crippen LogP contribution in [0.2, 0.25) is 0 Å². The summed E-state index contributed by atoms with van der Waals surface area (Å²) in [6.45, 7) is 2.64. The Labute approximate surface area is 179 Å². The van der Waals surface area contributed by atoms with Gasteiger partial charge in [-0.3, -0.25) is 4.79 Å². The van der Waals surface area contributed by atoms with Crippen LogP contribution < -0.4 is 4.74 Å². The number of benzene rings is 2. The Morgan fingerprint density at radius 3 is 2.84 bits per heavy atom. The quantitative estimate of drug-likeness (QED) is 0.528. The molecule has 1 atom stereocenters. The largest absolute Gasteiger partial charge is 0.475 e. The first-order valence-corrected chi connectivity index (χ1v) is 10.3. The number of aromatic nitrogens is 2. The number of carbonyl (C=O) groups excluding carboxylic acids is 1. The van der Waals surface area contributed by atoms with E-state index < -0.39 is 0 Å². The number of aryl methyl sites for hydroxylation is 1. The third-order valence-electron chi connectivity index (χ3n) is 5.73. The van der Waals surface area contributed by atoms with Crippen molar-refractivity contribution in [2.75, 3.05) is 6.61 Å². The number of hydrogen-bond acceptors (Lipinski definition) is 3. The van der Waals surface area contributed by atoms with Gasteiger partial charge in [0.25, 0.3) is 5.91 Å². The second kappa shape index (κ2) is 7.87. The Balaban J connectivity index is 1.44. The molecule has 1 amide bonds. The van der Waals surface area contributed by atoms with Gasteiger partial charge in [-0.1, -0.05) is 30.3 Å². The molecule has 1 N–H and O–H groups in total. The molecule has 6 heteroatoms. The number of rotatable bonds is 4. The SMILES string of the molecule is Cc1ccc(OC[C@@H]2Cc3cc(F)ccc3CN2C(=O)c2cc3ccccc3[nH]2)nc1. The smallest absolute Gasteiger partial charge is 0.270 e. The van der Waals surface area contributed by atoms with Crippen molar-refractivity contribution in [2.45, 2.75) is 25.9 Å². The first-order chi connectivity index (χ1) is 15.1. The third kappa shape index (κ3) is 3.89. The Hall–Kier alpha value is -3.67. The van der Waals surface area contributed by atoms with Crippen molar-refractivity contribution in [2.24, 2.45) is 0 Å². The van der Waals surface area contributed by atoms with E-state index in [-0.39, 0.29) is 24.4 Å². The molecule has 2 aromatic heterocycles. The summed E-state index contributed by atoms with van der Waals surface area (Å²) < 4.78 is 19.7. The standard InChI is InChI=1S/C25H22FN3O2/c1-16-6-9-24(27-13-16)31-15-21-11-19-10-20(26)8-7-18(19)14-29(21)25(30)23-12-17-4-2-3-5-22(17)28-23/h2-10,12-13,21,28H,11,14-15H2,1H3/t21-/m0/s1. The molecule has 4 aromatic rings. The second-order valence-electron chi connectivity index (χ2n) is 7.96. The fraction of sp³-hybridized carbons (Fsp3) is 0.200. The average molecular weight is 415 g/mol. The zero-order valence-corrected chi connectivity index (χ0v) is 17.1. The van der Waals surface area contributed by atoms with Crippen molar-refractivity contribution >= 4 is 16.8 Å². The normalized spacial score (nSPS) is 15.7. The van der Waals surface area contributed by atoms with Crippen LogP contribution in [0.15, 0.2) is 66.9 Å². The summed E-state index contributed by atoms with van der Waals surface area (Å²) >= 11 is 0. The minimum absolute atomic E-state index is 0.100. The van der Waals surface area contributed by atoms with Crippen molar-refractivity contribution < 1.29 is 13.9 Å². The molecule has 0 aliphatic carbocycles. The van der Waals surface area contributed by atoms with E-state index in [1.165, 1.54) is 6.07 Å². The van der Waals surface area contributed by atoms with Gasteiger partial charge in [-0.15, -0.1) is 0 Å². The van der Waals surface area contributed by atoms with Crippen molar-refractivity contribution in [1.82, 2.24) is 14.9 Å². The summed E-state index contributed by atoms with van der Waals surface area (Å²) in [6, 6.07) is 17.9. The van der Waals surface area contributed by atoms with Gasteiger partial charge < -0.3 is 14.6 Å². The van der Waals surface area contributed by atoms with E-state index in [1.807, 2.05) is 49.4 Å². The van der Waals surface area contributed by atoms with Crippen molar-refractivity contribution in [3.8, 4) is 5.88 Å². The molecule has 0 fully saturated rings. The molecule has 0 saturated heterocycles. The molecule has 0 unspecified atom stereocenters. The van der Waals surface area contributed by atoms with Gasteiger partial charge in [0.15, 0.2) is 0 Å². The van der Waals surface area contributed by atoms with Gasteiger partial charge in [0.05, 0.1) is 6.04 Å². The lowest BCUT2D eigenvalue weighted by atomic mass is 9.93. The molecule has 1 aliphatic heterocycles. The van der Waals surface area contributed by atoms with Crippen LogP contribution in [0, 0.1) is 12.7 Å². The Morgan fingerprint density at radius 1 is 1.16 bits per heavy atom. The van der Waals surface area contributed by atoms with Gasteiger partial charge in [-0.2, -0.15) is 0 Å². The highest BCUT2D eigenvalue weighted by Crippen LogP contribution is 2.27. The number of hydrogen-bond donors (Lipinski definition) is 1. The number of amides is 1. The summed E-state index contributed by atoms with van der Waals surface area (Å²) in [5.41, 5.74) is 4.36. The molecule has 0 spiro atoms. The van der Waals surface area contributed by atoms with E-state index in [4.69, 9.17) is 4.74 Å². The molecule has 0 radical (unpaired) electrons. The van der Waals surface area contributed by atoms with Gasteiger partial charge in [-0.25, -0.2) is 9.37 Å². The summed E-state index contributed by atoms with van der Waals surface area (Å²) in [5, 5.41) is 0.988. The van der Waals surface area contributed by atoms with Crippen LogP contribution in [-0.4, -0.2) is 33.4 Å². The summed E-state index contributed by atoms with van der Waals surface area (Å²) in [7, 11) is 0. The van der Waals surface area contributed by atoms with E-state index in [9.17, 15) is 9.18 Å². The lowest BCUT2D eigenvalue weighted by Crippen LogP contribution is -2.47. The maximum absolute atomic E-state index is 13.8. The van der Waals surface area contributed by atoms with Crippen LogP contribution in [0.25, 0.3) is 10.9 Å². The van der Waals surface area contributed by atoms with Gasteiger partial charge in [0, 0.05) is 29.7 Å². The maximum Gasteiger partial charge on any atom is 0.270 e. The van der Waals surface area contributed by atoms with Crippen molar-refractivity contribution in [3.63, 3.8) is 0 Å². The molecule has 1 aliphatic rings. The predicted octanol–water partition coefficient (Wildman–Crippen LogP) is 4.66. The van der Waals surface area contributed by atoms with E-state index in [0.717, 1.165) is 27.6 Å². The maximum atomic E-state index is 13.8. The minimum Gasteiger partial charge on any atom is -0.475 e. The summed E-state index contributed by atoms with van der Waals surface area (Å²) in [4.78, 5) is 22.8. The van der Waals surface area contributed by atoms with Crippen molar-refractivity contribution in [3.05, 3.63) is 95.1 Å². The number of aromatic amines is 1. The van der Waals surface area contributed by atoms with E-state index in [0.29, 0.717) is 24.5 Å². The van der Waals surface area contributed by atoms with Crippen LogP contribution in [0.4, 0.5) is 4.39 Å². The highest BCUT2D eigenvalue weighted by molar-refractivity contribution is 5.98. The van der Waals surface area contributed by atoms with Crippen LogP contribution in [0.1, 0.15) is 27.2 Å². The lowest BCUT2D eigenvalue weighted by molar-refractivity contribution is 0.0557. The van der Waals surface area contributed by atoms with E-state index in [2.05, 4.69) is 9.97 Å². The average Bonchev–Trinajstić information content (AvgIpc) is 3.22. The van der Waals surface area contributed by atoms with Crippen LogP contribution in [0.3, 0.4) is 0 Å². The fourth-order valence-corrected chi connectivity index (χ4v) is 4.07. The Morgan fingerprint density at radius 2 is 2.03 bits per heavy atom. The molecular formula is C25H22FN3O2. The molecular weight excluding hydrogens is 393 g/mol. The number of nitrogens with zero attached hydrogens (tertiary/aromatic N) is 2. The minimum atomic E-state index is -0.269. The Kier molecular flexibility index (Phi) is 4.90. The number of halogens is 1. The monoisotopic (exact) mass is 415 g/mol. The first-order valence-electron chi connectivity index (χ1n) is 10.3. The molecule has 31 heavy (non-hydrogen) atoms. The zero-order valence-electron chi connectivity index (χ0n) is 17.1. The zero-order chi connectivity index (χ0) is 21.4. The number of H-pyrrole nitrogens is 1. The molecule has 0 bridgehead atoms. The number of nitrogens with one attached hydrogen (secondary N) is 1. The third-order valence-corrected chi connectivity index (χ3v) is 5.73. The summed E-state index contributed by atoms with van der Waals surface area (Å²) in [6.07, 6.45) is 2.26. The van der Waals surface area contributed by atoms with Crippen molar-refractivity contribution in [1.29, 1.82) is 0 Å². The van der Waals surface area contributed by atoms with E-state index >= 15 is 0 Å². The van der Waals surface area contributed by atoms with Gasteiger partial charge >= 0.3 is 0 Å². The highest BCUT2D eigenvalue weighted by atomic mass is 19.1. The number of ether oxygens (including phenoxy) is 1. The number of fused-ring (bicyclic) bond motifs is 2. The molecule has 3 heterocycles. The second-order valence-corrected chi connectivity index (χ2v) is 7.96. The van der Waals surface area contributed by atoms with Gasteiger partial charge in [0.1, 0.15) is 18.1 Å². The van der Waals surface area contributed by atoms with Crippen LogP contribution >= 0.6 is 0 Å². The number of carbonyl (C=O) groups is 1. The molecule has 5 rings (SSSR count). The number of pyridine rings is 1. The lowest BCUT2D eigenvalue weighted by Gasteiger charge is -2.36. The topological polar surface area (TPSA) is 58.2 Å². The Bertz CT molecular complexity index is 1220. The summed E-state index contributed by atoms with van der Waals surface area (Å²) in [5.74, 6) is 0.138. The number of para-hydroxylation sites is 1. The molecule has 2 aromatic carbocycles. The fourth-order valence-electron chi connectivity index (χ4n) is 4.07. The van der Waals surface area contributed by atoms with Crippen LogP contribution in [-0.2, 0) is 13.0 Å². The molecule has 5 nitrogen and oxygen atoms in total. The highest BCUT2D eigenvalue weighted by Gasteiger charge is 2.32. The first kappa shape index (κ1) is 19.3. The molecule has 156 valence electrons.